The zero-order chi connectivity index (χ0) is 13.6. The normalized spacial score (nSPS) is 24.6. The van der Waals surface area contributed by atoms with Crippen LogP contribution in [0.4, 0.5) is 0 Å². The van der Waals surface area contributed by atoms with E-state index in [4.69, 9.17) is 0 Å². The Morgan fingerprint density at radius 1 is 1.26 bits per heavy atom. The molecule has 0 bridgehead atoms. The maximum atomic E-state index is 12.7. The second-order valence-corrected chi connectivity index (χ2v) is 6.58. The first kappa shape index (κ1) is 12.6. The molecule has 1 aromatic carbocycles. The highest BCUT2D eigenvalue weighted by molar-refractivity contribution is 8.11. The molecule has 1 aromatic rings. The molecule has 1 aliphatic heterocycles. The third-order valence-corrected chi connectivity index (χ3v) is 5.16. The molecule has 0 radical (unpaired) electrons. The number of rotatable bonds is 1. The minimum atomic E-state index is -1.22. The summed E-state index contributed by atoms with van der Waals surface area (Å²) in [5.74, 6) is -0.0201. The maximum absolute atomic E-state index is 12.7. The van der Waals surface area contributed by atoms with E-state index in [1.165, 1.54) is 0 Å². The highest BCUT2D eigenvalue weighted by Crippen LogP contribution is 2.41. The van der Waals surface area contributed by atoms with Gasteiger partial charge in [-0.3, -0.25) is 4.79 Å². The zero-order valence-corrected chi connectivity index (χ0v) is 11.7. The molecule has 1 heterocycles. The van der Waals surface area contributed by atoms with Crippen LogP contribution in [0.15, 0.2) is 47.4 Å². The Morgan fingerprint density at radius 3 is 2.79 bits per heavy atom. The SMILES string of the molecule is CC(C)c1cccc2c1C(=O)C1C=CC=CC1=S2[O-]. The van der Waals surface area contributed by atoms with Crippen molar-refractivity contribution in [3.8, 4) is 0 Å². The van der Waals surface area contributed by atoms with Gasteiger partial charge in [0.2, 0.25) is 0 Å². The molecular formula is C16H15O2S-. The molecule has 3 rings (SSSR count). The standard InChI is InChI=1S/C16H15O2S/c1-10(2)11-7-5-9-14-15(11)16(17)12-6-3-4-8-13(12)19(14)18/h3-10,12H,1-2H3/q-1. The summed E-state index contributed by atoms with van der Waals surface area (Å²) in [6.45, 7) is 4.11. The molecule has 0 N–H and O–H groups in total. The van der Waals surface area contributed by atoms with Crippen LogP contribution in [-0.2, 0) is 0 Å². The predicted octanol–water partition coefficient (Wildman–Crippen LogP) is 3.68. The molecule has 98 valence electrons. The number of hydrogen-bond acceptors (Lipinski definition) is 2. The Morgan fingerprint density at radius 2 is 2.05 bits per heavy atom. The lowest BCUT2D eigenvalue weighted by atomic mass is 9.86. The number of fused-ring (bicyclic) bond motifs is 2. The second kappa shape index (κ2) is 4.58. The molecule has 19 heavy (non-hydrogen) atoms. The molecule has 0 aromatic heterocycles. The van der Waals surface area contributed by atoms with Crippen molar-refractivity contribution in [3.63, 3.8) is 0 Å². The number of ketones is 1. The first-order chi connectivity index (χ1) is 9.11. The molecule has 0 saturated heterocycles. The molecular weight excluding hydrogens is 256 g/mol. The van der Waals surface area contributed by atoms with Crippen LogP contribution in [0.2, 0.25) is 0 Å². The van der Waals surface area contributed by atoms with Gasteiger partial charge in [0, 0.05) is 5.56 Å². The van der Waals surface area contributed by atoms with E-state index in [1.807, 2.05) is 42.5 Å². The van der Waals surface area contributed by atoms with Crippen molar-refractivity contribution in [2.75, 3.05) is 0 Å². The second-order valence-electron chi connectivity index (χ2n) is 5.13. The van der Waals surface area contributed by atoms with Crippen molar-refractivity contribution in [1.29, 1.82) is 0 Å². The highest BCUT2D eigenvalue weighted by Gasteiger charge is 2.31. The minimum absolute atomic E-state index is 0.0782. The maximum Gasteiger partial charge on any atom is 0.175 e. The van der Waals surface area contributed by atoms with Crippen molar-refractivity contribution >= 4 is 21.4 Å². The van der Waals surface area contributed by atoms with Gasteiger partial charge in [-0.25, -0.2) is 10.8 Å². The molecule has 1 aliphatic carbocycles. The van der Waals surface area contributed by atoms with E-state index in [0.29, 0.717) is 15.3 Å². The van der Waals surface area contributed by atoms with Crippen LogP contribution < -0.4 is 0 Å². The van der Waals surface area contributed by atoms with E-state index in [9.17, 15) is 9.35 Å². The largest absolute Gasteiger partial charge is 0.799 e. The molecule has 2 nitrogen and oxygen atoms in total. The van der Waals surface area contributed by atoms with Crippen LogP contribution >= 0.6 is 10.8 Å². The summed E-state index contributed by atoms with van der Waals surface area (Å²) in [6, 6.07) is 5.67. The monoisotopic (exact) mass is 271 g/mol. The van der Waals surface area contributed by atoms with Crippen molar-refractivity contribution in [1.82, 2.24) is 0 Å². The van der Waals surface area contributed by atoms with E-state index in [1.54, 1.807) is 0 Å². The van der Waals surface area contributed by atoms with Gasteiger partial charge in [0.15, 0.2) is 5.78 Å². The molecule has 0 saturated carbocycles. The van der Waals surface area contributed by atoms with Crippen LogP contribution in [0.1, 0.15) is 35.7 Å². The molecule has 3 heteroatoms. The Kier molecular flexibility index (Phi) is 3.03. The Balaban J connectivity index is 2.31. The Hall–Kier alpha value is -1.45. The van der Waals surface area contributed by atoms with Crippen LogP contribution in [0, 0.1) is 5.92 Å². The molecule has 0 amide bonds. The third-order valence-electron chi connectivity index (χ3n) is 3.60. The predicted molar refractivity (Wildman–Crippen MR) is 78.3 cm³/mol. The third kappa shape index (κ3) is 1.85. The van der Waals surface area contributed by atoms with Crippen LogP contribution in [0.3, 0.4) is 0 Å². The van der Waals surface area contributed by atoms with Gasteiger partial charge in [0.1, 0.15) is 0 Å². The van der Waals surface area contributed by atoms with Crippen LogP contribution in [-0.4, -0.2) is 15.2 Å². The number of carbonyl (C=O) groups is 1. The van der Waals surface area contributed by atoms with Crippen molar-refractivity contribution in [2.45, 2.75) is 24.7 Å². The van der Waals surface area contributed by atoms with E-state index in [-0.39, 0.29) is 17.6 Å². The highest BCUT2D eigenvalue weighted by atomic mass is 32.2. The summed E-state index contributed by atoms with van der Waals surface area (Å²) in [5.41, 5.74) is 1.67. The van der Waals surface area contributed by atoms with Gasteiger partial charge in [0.05, 0.1) is 5.92 Å². The number of Topliss-reactive ketones (excluding diaryl/α,β-unsaturated/α-hetero) is 1. The number of allylic oxidation sites excluding steroid dienone is 4. The number of benzene rings is 1. The van der Waals surface area contributed by atoms with Crippen molar-refractivity contribution < 1.29 is 9.35 Å². The van der Waals surface area contributed by atoms with E-state index < -0.39 is 10.8 Å². The van der Waals surface area contributed by atoms with Crippen molar-refractivity contribution in [3.05, 3.63) is 53.6 Å². The van der Waals surface area contributed by atoms with E-state index >= 15 is 0 Å². The Bertz CT molecular complexity index is 651. The quantitative estimate of drug-likeness (QED) is 0.731. The summed E-state index contributed by atoms with van der Waals surface area (Å²) in [7, 11) is -1.22. The van der Waals surface area contributed by atoms with Gasteiger partial charge in [0.25, 0.3) is 0 Å². The van der Waals surface area contributed by atoms with Gasteiger partial charge >= 0.3 is 0 Å². The first-order valence-electron chi connectivity index (χ1n) is 6.42. The number of carbonyl (C=O) groups excluding carboxylic acids is 1. The fraction of sp³-hybridized carbons (Fsp3) is 0.250. The summed E-state index contributed by atoms with van der Waals surface area (Å²) in [6.07, 6.45) is 7.35. The van der Waals surface area contributed by atoms with Gasteiger partial charge in [-0.05, 0) is 27.3 Å². The summed E-state index contributed by atoms with van der Waals surface area (Å²) in [5, 5.41) is 0. The van der Waals surface area contributed by atoms with Crippen LogP contribution in [0.5, 0.6) is 0 Å². The molecule has 0 fully saturated rings. The first-order valence-corrected chi connectivity index (χ1v) is 7.57. The fourth-order valence-corrected chi connectivity index (χ4v) is 4.13. The smallest absolute Gasteiger partial charge is 0.175 e. The lowest BCUT2D eigenvalue weighted by Gasteiger charge is -2.33. The summed E-state index contributed by atoms with van der Waals surface area (Å²) >= 11 is 0. The van der Waals surface area contributed by atoms with Gasteiger partial charge in [-0.15, -0.1) is 0 Å². The minimum Gasteiger partial charge on any atom is -0.799 e. The van der Waals surface area contributed by atoms with Gasteiger partial charge in [-0.2, -0.15) is 0 Å². The lowest BCUT2D eigenvalue weighted by Crippen LogP contribution is -2.28. The number of hydrogen-bond donors (Lipinski definition) is 0. The van der Waals surface area contributed by atoms with E-state index in [2.05, 4.69) is 13.8 Å². The van der Waals surface area contributed by atoms with Crippen LogP contribution in [0.25, 0.3) is 0 Å². The summed E-state index contributed by atoms with van der Waals surface area (Å²) < 4.78 is 12.6. The molecule has 2 aliphatic rings. The lowest BCUT2D eigenvalue weighted by molar-refractivity contribution is 0.0967. The molecule has 0 spiro atoms. The van der Waals surface area contributed by atoms with Gasteiger partial charge < -0.3 is 4.55 Å². The average Bonchev–Trinajstić information content (AvgIpc) is 2.44. The average molecular weight is 271 g/mol. The summed E-state index contributed by atoms with van der Waals surface area (Å²) in [4.78, 5) is 14.1. The van der Waals surface area contributed by atoms with E-state index in [0.717, 1.165) is 5.56 Å². The topological polar surface area (TPSA) is 40.1 Å². The molecule has 2 atom stereocenters. The van der Waals surface area contributed by atoms with Crippen molar-refractivity contribution in [2.24, 2.45) is 5.92 Å². The Labute approximate surface area is 115 Å². The fourth-order valence-electron chi connectivity index (χ4n) is 2.65. The zero-order valence-electron chi connectivity index (χ0n) is 10.9. The molecule has 2 unspecified atom stereocenters. The van der Waals surface area contributed by atoms with Gasteiger partial charge in [-0.1, -0.05) is 50.3 Å².